The van der Waals surface area contributed by atoms with Crippen LogP contribution < -0.4 is 10.1 Å². The fourth-order valence-electron chi connectivity index (χ4n) is 2.74. The summed E-state index contributed by atoms with van der Waals surface area (Å²) in [6.07, 6.45) is 2.95. The fraction of sp³-hybridized carbons (Fsp3) is 0.400. The van der Waals surface area contributed by atoms with Crippen molar-refractivity contribution in [2.45, 2.75) is 25.9 Å². The van der Waals surface area contributed by atoms with Gasteiger partial charge in [0.15, 0.2) is 0 Å². The Hall–Kier alpha value is -1.81. The summed E-state index contributed by atoms with van der Waals surface area (Å²) in [5, 5.41) is 3.59. The van der Waals surface area contributed by atoms with Crippen LogP contribution in [0.2, 0.25) is 0 Å². The van der Waals surface area contributed by atoms with Crippen LogP contribution in [0.5, 0.6) is 5.75 Å². The highest BCUT2D eigenvalue weighted by Crippen LogP contribution is 2.29. The predicted octanol–water partition coefficient (Wildman–Crippen LogP) is 2.15. The van der Waals surface area contributed by atoms with Crippen LogP contribution in [0.1, 0.15) is 29.9 Å². The third kappa shape index (κ3) is 2.12. The molecular weight excluding hydrogens is 238 g/mol. The van der Waals surface area contributed by atoms with Gasteiger partial charge >= 0.3 is 0 Å². The second-order valence-electron chi connectivity index (χ2n) is 4.78. The zero-order valence-electron chi connectivity index (χ0n) is 11.4. The standard InChI is InChI=1S/C15H19N3O/c1-3-18-10-17-13-7-8-16-14(15(13)18)11-5-4-6-12(9-11)19-2/h4-6,9-10,14,16H,3,7-8H2,1-2H3. The molecule has 100 valence electrons. The smallest absolute Gasteiger partial charge is 0.119 e. The minimum atomic E-state index is 0.210. The summed E-state index contributed by atoms with van der Waals surface area (Å²) >= 11 is 0. The highest BCUT2D eigenvalue weighted by atomic mass is 16.5. The number of benzene rings is 1. The molecule has 19 heavy (non-hydrogen) atoms. The molecule has 0 fully saturated rings. The first-order valence-corrected chi connectivity index (χ1v) is 6.74. The molecule has 0 radical (unpaired) electrons. The van der Waals surface area contributed by atoms with Crippen molar-refractivity contribution in [3.05, 3.63) is 47.5 Å². The van der Waals surface area contributed by atoms with Crippen LogP contribution in [0.3, 0.4) is 0 Å². The van der Waals surface area contributed by atoms with Crippen LogP contribution in [0.25, 0.3) is 0 Å². The summed E-state index contributed by atoms with van der Waals surface area (Å²) < 4.78 is 7.55. The molecule has 0 amide bonds. The van der Waals surface area contributed by atoms with Crippen molar-refractivity contribution in [1.82, 2.24) is 14.9 Å². The maximum absolute atomic E-state index is 5.32. The molecule has 1 aliphatic heterocycles. The first-order chi connectivity index (χ1) is 9.33. The van der Waals surface area contributed by atoms with E-state index in [4.69, 9.17) is 4.74 Å². The Kier molecular flexibility index (Phi) is 3.25. The lowest BCUT2D eigenvalue weighted by Crippen LogP contribution is -2.32. The van der Waals surface area contributed by atoms with E-state index in [2.05, 4.69) is 33.9 Å². The SMILES string of the molecule is CCn1cnc2c1C(c1cccc(OC)c1)NCC2. The quantitative estimate of drug-likeness (QED) is 0.915. The minimum Gasteiger partial charge on any atom is -0.497 e. The van der Waals surface area contributed by atoms with E-state index >= 15 is 0 Å². The summed E-state index contributed by atoms with van der Waals surface area (Å²) in [5.74, 6) is 0.897. The molecule has 1 N–H and O–H groups in total. The zero-order chi connectivity index (χ0) is 13.2. The maximum atomic E-state index is 5.32. The van der Waals surface area contributed by atoms with Gasteiger partial charge in [0.05, 0.1) is 30.9 Å². The number of imidazole rings is 1. The summed E-state index contributed by atoms with van der Waals surface area (Å²) in [5.41, 5.74) is 3.74. The number of ether oxygens (including phenoxy) is 1. The van der Waals surface area contributed by atoms with E-state index in [0.29, 0.717) is 0 Å². The van der Waals surface area contributed by atoms with Gasteiger partial charge in [-0.1, -0.05) is 12.1 Å². The lowest BCUT2D eigenvalue weighted by molar-refractivity contribution is 0.413. The van der Waals surface area contributed by atoms with Crippen molar-refractivity contribution in [3.63, 3.8) is 0 Å². The second-order valence-corrected chi connectivity index (χ2v) is 4.78. The average Bonchev–Trinajstić information content (AvgIpc) is 2.90. The topological polar surface area (TPSA) is 39.1 Å². The molecule has 1 unspecified atom stereocenters. The van der Waals surface area contributed by atoms with Crippen LogP contribution in [0.15, 0.2) is 30.6 Å². The molecule has 0 aliphatic carbocycles. The largest absolute Gasteiger partial charge is 0.497 e. The molecule has 0 saturated carbocycles. The van der Waals surface area contributed by atoms with Gasteiger partial charge in [0.25, 0.3) is 0 Å². The van der Waals surface area contributed by atoms with E-state index in [9.17, 15) is 0 Å². The Morgan fingerprint density at radius 3 is 3.16 bits per heavy atom. The number of nitrogens with one attached hydrogen (secondary N) is 1. The molecule has 0 spiro atoms. The van der Waals surface area contributed by atoms with Gasteiger partial charge in [-0.15, -0.1) is 0 Å². The number of rotatable bonds is 3. The first-order valence-electron chi connectivity index (χ1n) is 6.74. The van der Waals surface area contributed by atoms with Crippen LogP contribution in [0, 0.1) is 0 Å². The average molecular weight is 257 g/mol. The number of nitrogens with zero attached hydrogens (tertiary/aromatic N) is 2. The lowest BCUT2D eigenvalue weighted by atomic mass is 9.97. The van der Waals surface area contributed by atoms with Crippen molar-refractivity contribution in [3.8, 4) is 5.75 Å². The van der Waals surface area contributed by atoms with E-state index in [1.807, 2.05) is 18.5 Å². The minimum absolute atomic E-state index is 0.210. The van der Waals surface area contributed by atoms with Gasteiger partial charge in [0.2, 0.25) is 0 Å². The molecule has 4 heteroatoms. The van der Waals surface area contributed by atoms with E-state index in [1.165, 1.54) is 17.0 Å². The molecular formula is C15H19N3O. The number of aromatic nitrogens is 2. The molecule has 1 aromatic carbocycles. The van der Waals surface area contributed by atoms with Gasteiger partial charge in [-0.3, -0.25) is 0 Å². The van der Waals surface area contributed by atoms with Crippen LogP contribution in [-0.4, -0.2) is 23.2 Å². The molecule has 1 aliphatic rings. The highest BCUT2D eigenvalue weighted by molar-refractivity contribution is 5.37. The second kappa shape index (κ2) is 5.05. The fourth-order valence-corrected chi connectivity index (χ4v) is 2.74. The highest BCUT2D eigenvalue weighted by Gasteiger charge is 2.25. The lowest BCUT2D eigenvalue weighted by Gasteiger charge is -2.26. The monoisotopic (exact) mass is 257 g/mol. The number of aryl methyl sites for hydroxylation is 1. The Bertz CT molecular complexity index is 563. The number of hydrogen-bond donors (Lipinski definition) is 1. The molecule has 2 aromatic rings. The van der Waals surface area contributed by atoms with E-state index < -0.39 is 0 Å². The number of methoxy groups -OCH3 is 1. The van der Waals surface area contributed by atoms with Gasteiger partial charge in [-0.2, -0.15) is 0 Å². The van der Waals surface area contributed by atoms with Crippen LogP contribution in [-0.2, 0) is 13.0 Å². The Labute approximate surface area is 113 Å². The summed E-state index contributed by atoms with van der Waals surface area (Å²) in [7, 11) is 1.70. The summed E-state index contributed by atoms with van der Waals surface area (Å²) in [6.45, 7) is 4.07. The Morgan fingerprint density at radius 2 is 2.37 bits per heavy atom. The van der Waals surface area contributed by atoms with Gasteiger partial charge in [0.1, 0.15) is 5.75 Å². The summed E-state index contributed by atoms with van der Waals surface area (Å²) in [6, 6.07) is 8.46. The van der Waals surface area contributed by atoms with Crippen molar-refractivity contribution < 1.29 is 4.74 Å². The maximum Gasteiger partial charge on any atom is 0.119 e. The Balaban J connectivity index is 2.04. The van der Waals surface area contributed by atoms with Gasteiger partial charge < -0.3 is 14.6 Å². The van der Waals surface area contributed by atoms with Crippen LogP contribution >= 0.6 is 0 Å². The molecule has 3 rings (SSSR count). The van der Waals surface area contributed by atoms with Crippen LogP contribution in [0.4, 0.5) is 0 Å². The van der Waals surface area contributed by atoms with Crippen molar-refractivity contribution in [2.75, 3.05) is 13.7 Å². The normalized spacial score (nSPS) is 18.1. The number of fused-ring (bicyclic) bond motifs is 1. The molecule has 1 atom stereocenters. The van der Waals surface area contributed by atoms with E-state index in [-0.39, 0.29) is 6.04 Å². The third-order valence-corrected chi connectivity index (χ3v) is 3.71. The molecule has 0 bridgehead atoms. The van der Waals surface area contributed by atoms with Crippen molar-refractivity contribution in [2.24, 2.45) is 0 Å². The Morgan fingerprint density at radius 1 is 1.47 bits per heavy atom. The van der Waals surface area contributed by atoms with Crippen molar-refractivity contribution in [1.29, 1.82) is 0 Å². The van der Waals surface area contributed by atoms with Gasteiger partial charge in [-0.25, -0.2) is 4.98 Å². The van der Waals surface area contributed by atoms with Gasteiger partial charge in [-0.05, 0) is 24.6 Å². The van der Waals surface area contributed by atoms with Crippen molar-refractivity contribution >= 4 is 0 Å². The van der Waals surface area contributed by atoms with E-state index in [1.54, 1.807) is 7.11 Å². The predicted molar refractivity (Wildman–Crippen MR) is 74.4 cm³/mol. The first kappa shape index (κ1) is 12.2. The number of hydrogen-bond acceptors (Lipinski definition) is 3. The molecule has 4 nitrogen and oxygen atoms in total. The molecule has 1 aromatic heterocycles. The third-order valence-electron chi connectivity index (χ3n) is 3.71. The van der Waals surface area contributed by atoms with Gasteiger partial charge in [0, 0.05) is 19.5 Å². The van der Waals surface area contributed by atoms with E-state index in [0.717, 1.165) is 25.3 Å². The summed E-state index contributed by atoms with van der Waals surface area (Å²) in [4.78, 5) is 4.54. The molecule has 2 heterocycles. The molecule has 0 saturated heterocycles. The zero-order valence-corrected chi connectivity index (χ0v) is 11.4.